The first-order valence-corrected chi connectivity index (χ1v) is 7.16. The van der Waals surface area contributed by atoms with Crippen LogP contribution < -0.4 is 5.32 Å². The summed E-state index contributed by atoms with van der Waals surface area (Å²) >= 11 is 0. The summed E-state index contributed by atoms with van der Waals surface area (Å²) in [5, 5.41) is 17.1. The van der Waals surface area contributed by atoms with Crippen LogP contribution in [0.2, 0.25) is 0 Å². The molecule has 0 radical (unpaired) electrons. The maximum atomic E-state index is 12.3. The first-order valence-electron chi connectivity index (χ1n) is 7.16. The number of carbonyl (C=O) groups excluding carboxylic acids is 1. The molecule has 0 saturated carbocycles. The summed E-state index contributed by atoms with van der Waals surface area (Å²) in [5.41, 5.74) is 1.84. The zero-order valence-corrected chi connectivity index (χ0v) is 13.0. The number of rotatable bonds is 5. The van der Waals surface area contributed by atoms with Crippen LogP contribution in [0, 0.1) is 13.8 Å². The Morgan fingerprint density at radius 3 is 2.86 bits per heavy atom. The van der Waals surface area contributed by atoms with Crippen molar-refractivity contribution in [3.05, 3.63) is 29.2 Å². The third-order valence-corrected chi connectivity index (χ3v) is 3.44. The molecule has 0 bridgehead atoms. The normalized spacial score (nSPS) is 14.1. The second kappa shape index (κ2) is 5.81. The van der Waals surface area contributed by atoms with Crippen molar-refractivity contribution in [2.45, 2.75) is 46.1 Å². The molecule has 2 aromatic heterocycles. The maximum absolute atomic E-state index is 12.3. The Morgan fingerprint density at radius 1 is 1.48 bits per heavy atom. The molecule has 114 valence electrons. The minimum atomic E-state index is -0.896. The largest absolute Gasteiger partial charge is 0.388 e. The predicted octanol–water partition coefficient (Wildman–Crippen LogP) is 1.63. The average molecular weight is 290 g/mol. The van der Waals surface area contributed by atoms with Gasteiger partial charge in [-0.2, -0.15) is 5.10 Å². The topological polar surface area (TPSA) is 79.5 Å². The second-order valence-electron chi connectivity index (χ2n) is 5.76. The number of amides is 1. The van der Waals surface area contributed by atoms with Crippen LogP contribution in [0.4, 0.5) is 0 Å². The van der Waals surface area contributed by atoms with Crippen LogP contribution in [0.15, 0.2) is 12.3 Å². The van der Waals surface area contributed by atoms with Gasteiger partial charge >= 0.3 is 0 Å². The van der Waals surface area contributed by atoms with Crippen LogP contribution in [0.3, 0.4) is 0 Å². The Bertz CT molecular complexity index is 661. The molecule has 0 fully saturated rings. The SMILES string of the molecule is CCCC(C)(O)CNC(=O)c1cnn2c(C)cc(C)nc12. The van der Waals surface area contributed by atoms with Crippen LogP contribution in [0.25, 0.3) is 5.65 Å². The molecule has 0 aliphatic carbocycles. The number of aliphatic hydroxyl groups is 1. The van der Waals surface area contributed by atoms with E-state index >= 15 is 0 Å². The molecule has 0 aliphatic heterocycles. The average Bonchev–Trinajstić information content (AvgIpc) is 2.80. The summed E-state index contributed by atoms with van der Waals surface area (Å²) in [6, 6.07) is 1.91. The molecule has 1 unspecified atom stereocenters. The quantitative estimate of drug-likeness (QED) is 0.877. The molecule has 2 rings (SSSR count). The van der Waals surface area contributed by atoms with Crippen molar-refractivity contribution < 1.29 is 9.90 Å². The minimum absolute atomic E-state index is 0.210. The van der Waals surface area contributed by atoms with Gasteiger partial charge in [0, 0.05) is 17.9 Å². The maximum Gasteiger partial charge on any atom is 0.256 e. The van der Waals surface area contributed by atoms with E-state index in [1.54, 1.807) is 11.4 Å². The summed E-state index contributed by atoms with van der Waals surface area (Å²) in [5.74, 6) is -0.265. The molecule has 2 N–H and O–H groups in total. The van der Waals surface area contributed by atoms with Crippen LogP contribution in [0.1, 0.15) is 48.4 Å². The van der Waals surface area contributed by atoms with Gasteiger partial charge in [-0.1, -0.05) is 13.3 Å². The van der Waals surface area contributed by atoms with Gasteiger partial charge in [0.1, 0.15) is 5.56 Å². The van der Waals surface area contributed by atoms with E-state index in [1.807, 2.05) is 26.8 Å². The Balaban J connectivity index is 2.21. The van der Waals surface area contributed by atoms with E-state index in [2.05, 4.69) is 15.4 Å². The number of hydrogen-bond acceptors (Lipinski definition) is 4. The molecule has 0 aromatic carbocycles. The number of nitrogens with zero attached hydrogens (tertiary/aromatic N) is 3. The highest BCUT2D eigenvalue weighted by Crippen LogP contribution is 2.13. The first kappa shape index (κ1) is 15.4. The lowest BCUT2D eigenvalue weighted by Crippen LogP contribution is -2.40. The highest BCUT2D eigenvalue weighted by atomic mass is 16.3. The molecule has 21 heavy (non-hydrogen) atoms. The molecule has 1 amide bonds. The summed E-state index contributed by atoms with van der Waals surface area (Å²) in [6.07, 6.45) is 3.01. The minimum Gasteiger partial charge on any atom is -0.388 e. The fourth-order valence-electron chi connectivity index (χ4n) is 2.42. The summed E-state index contributed by atoms with van der Waals surface area (Å²) in [7, 11) is 0. The van der Waals surface area contributed by atoms with Crippen LogP contribution in [0.5, 0.6) is 0 Å². The van der Waals surface area contributed by atoms with Gasteiger partial charge < -0.3 is 10.4 Å². The molecule has 2 aromatic rings. The lowest BCUT2D eigenvalue weighted by Gasteiger charge is -2.22. The van der Waals surface area contributed by atoms with Crippen molar-refractivity contribution in [2.24, 2.45) is 0 Å². The molecular weight excluding hydrogens is 268 g/mol. The van der Waals surface area contributed by atoms with Gasteiger partial charge in [0.15, 0.2) is 5.65 Å². The van der Waals surface area contributed by atoms with Gasteiger partial charge in [-0.25, -0.2) is 9.50 Å². The Labute approximate surface area is 124 Å². The third-order valence-electron chi connectivity index (χ3n) is 3.44. The number of hydrogen-bond donors (Lipinski definition) is 2. The van der Waals surface area contributed by atoms with Gasteiger partial charge in [0.2, 0.25) is 0 Å². The smallest absolute Gasteiger partial charge is 0.256 e. The van der Waals surface area contributed by atoms with Crippen molar-refractivity contribution >= 4 is 11.6 Å². The van der Waals surface area contributed by atoms with Gasteiger partial charge in [-0.05, 0) is 33.3 Å². The number of carbonyl (C=O) groups is 1. The molecule has 0 spiro atoms. The van der Waals surface area contributed by atoms with Crippen molar-refractivity contribution in [3.8, 4) is 0 Å². The third kappa shape index (κ3) is 3.39. The zero-order chi connectivity index (χ0) is 15.6. The zero-order valence-electron chi connectivity index (χ0n) is 13.0. The van der Waals surface area contributed by atoms with Crippen molar-refractivity contribution in [2.75, 3.05) is 6.54 Å². The fourth-order valence-corrected chi connectivity index (χ4v) is 2.42. The molecule has 0 saturated heterocycles. The monoisotopic (exact) mass is 290 g/mol. The predicted molar refractivity (Wildman–Crippen MR) is 80.3 cm³/mol. The van der Waals surface area contributed by atoms with Crippen molar-refractivity contribution in [1.82, 2.24) is 19.9 Å². The van der Waals surface area contributed by atoms with E-state index in [0.717, 1.165) is 17.8 Å². The van der Waals surface area contributed by atoms with E-state index in [4.69, 9.17) is 0 Å². The summed E-state index contributed by atoms with van der Waals surface area (Å²) in [6.45, 7) is 7.73. The Hall–Kier alpha value is -1.95. The van der Waals surface area contributed by atoms with Crippen molar-refractivity contribution in [1.29, 1.82) is 0 Å². The highest BCUT2D eigenvalue weighted by Gasteiger charge is 2.22. The number of fused-ring (bicyclic) bond motifs is 1. The van der Waals surface area contributed by atoms with Crippen molar-refractivity contribution in [3.63, 3.8) is 0 Å². The summed E-state index contributed by atoms with van der Waals surface area (Å²) in [4.78, 5) is 16.7. The molecular formula is C15H22N4O2. The van der Waals surface area contributed by atoms with E-state index in [1.165, 1.54) is 6.20 Å². The van der Waals surface area contributed by atoms with Gasteiger partial charge in [0.25, 0.3) is 5.91 Å². The number of aryl methyl sites for hydroxylation is 2. The van der Waals surface area contributed by atoms with E-state index < -0.39 is 5.60 Å². The fraction of sp³-hybridized carbons (Fsp3) is 0.533. The Morgan fingerprint density at radius 2 is 2.19 bits per heavy atom. The van der Waals surface area contributed by atoms with Gasteiger partial charge in [-0.3, -0.25) is 4.79 Å². The summed E-state index contributed by atoms with van der Waals surface area (Å²) < 4.78 is 1.64. The lowest BCUT2D eigenvalue weighted by atomic mass is 10.0. The molecule has 1 atom stereocenters. The molecule has 6 heteroatoms. The highest BCUT2D eigenvalue weighted by molar-refractivity contribution is 5.99. The van der Waals surface area contributed by atoms with E-state index in [0.29, 0.717) is 17.6 Å². The van der Waals surface area contributed by atoms with Gasteiger partial charge in [0.05, 0.1) is 11.8 Å². The lowest BCUT2D eigenvalue weighted by molar-refractivity contribution is 0.0470. The standard InChI is InChI=1S/C15H22N4O2/c1-5-6-15(4,21)9-16-14(20)12-8-17-19-11(3)7-10(2)18-13(12)19/h7-8,21H,5-6,9H2,1-4H3,(H,16,20). The molecule has 6 nitrogen and oxygen atoms in total. The van der Waals surface area contributed by atoms with Crippen LogP contribution in [-0.4, -0.2) is 37.8 Å². The first-order chi connectivity index (χ1) is 9.84. The second-order valence-corrected chi connectivity index (χ2v) is 5.76. The van der Waals surface area contributed by atoms with Crippen LogP contribution in [-0.2, 0) is 0 Å². The Kier molecular flexibility index (Phi) is 4.27. The number of nitrogens with one attached hydrogen (secondary N) is 1. The van der Waals surface area contributed by atoms with E-state index in [-0.39, 0.29) is 12.5 Å². The van der Waals surface area contributed by atoms with Crippen LogP contribution >= 0.6 is 0 Å². The number of aromatic nitrogens is 3. The molecule has 2 heterocycles. The van der Waals surface area contributed by atoms with E-state index in [9.17, 15) is 9.90 Å². The van der Waals surface area contributed by atoms with Gasteiger partial charge in [-0.15, -0.1) is 0 Å². The molecule has 0 aliphatic rings.